The molecule has 5 heteroatoms. The molecule has 0 spiro atoms. The molecule has 3 aromatic carbocycles. The van der Waals surface area contributed by atoms with Crippen molar-refractivity contribution >= 4 is 28.4 Å². The van der Waals surface area contributed by atoms with Gasteiger partial charge in [0.15, 0.2) is 0 Å². The van der Waals surface area contributed by atoms with Gasteiger partial charge in [0.05, 0.1) is 6.42 Å². The Bertz CT molecular complexity index is 1180. The molecule has 4 rings (SSSR count). The Balaban J connectivity index is 1.48. The summed E-state index contributed by atoms with van der Waals surface area (Å²) in [5.74, 6) is -0.105. The van der Waals surface area contributed by atoms with E-state index in [9.17, 15) is 9.59 Å². The van der Waals surface area contributed by atoms with E-state index in [-0.39, 0.29) is 24.2 Å². The summed E-state index contributed by atoms with van der Waals surface area (Å²) in [5.41, 5.74) is 5.04. The SMILES string of the molecule is CC(=O)Nc1ccc(CC(=O)NCC(c2ccccc2)c2c[nH]c3ccccc23)cc1. The highest BCUT2D eigenvalue weighted by Crippen LogP contribution is 2.30. The number of rotatable bonds is 7. The summed E-state index contributed by atoms with van der Waals surface area (Å²) in [6.45, 7) is 1.98. The van der Waals surface area contributed by atoms with E-state index < -0.39 is 0 Å². The van der Waals surface area contributed by atoms with Gasteiger partial charge in [-0.25, -0.2) is 0 Å². The Hall–Kier alpha value is -3.86. The predicted octanol–water partition coefficient (Wildman–Crippen LogP) is 4.62. The second kappa shape index (κ2) is 9.30. The van der Waals surface area contributed by atoms with Crippen molar-refractivity contribution < 1.29 is 9.59 Å². The molecule has 0 aliphatic rings. The number of aromatic amines is 1. The van der Waals surface area contributed by atoms with E-state index in [0.717, 1.165) is 22.3 Å². The lowest BCUT2D eigenvalue weighted by Crippen LogP contribution is -2.30. The van der Waals surface area contributed by atoms with Gasteiger partial charge in [-0.1, -0.05) is 60.7 Å². The van der Waals surface area contributed by atoms with E-state index >= 15 is 0 Å². The summed E-state index contributed by atoms with van der Waals surface area (Å²) in [7, 11) is 0. The third-order valence-electron chi connectivity index (χ3n) is 5.34. The molecule has 0 aliphatic heterocycles. The molecule has 0 aliphatic carbocycles. The van der Waals surface area contributed by atoms with Gasteiger partial charge in [-0.2, -0.15) is 0 Å². The van der Waals surface area contributed by atoms with Gasteiger partial charge in [0.25, 0.3) is 0 Å². The summed E-state index contributed by atoms with van der Waals surface area (Å²) in [5, 5.41) is 7.00. The molecule has 1 aromatic heterocycles. The molecule has 0 saturated carbocycles. The number of hydrogen-bond donors (Lipinski definition) is 3. The lowest BCUT2D eigenvalue weighted by Gasteiger charge is -2.18. The Morgan fingerprint density at radius 2 is 1.61 bits per heavy atom. The predicted molar refractivity (Wildman–Crippen MR) is 124 cm³/mol. The molecular formula is C26H25N3O2. The molecule has 0 saturated heterocycles. The Morgan fingerprint density at radius 1 is 0.903 bits per heavy atom. The summed E-state index contributed by atoms with van der Waals surface area (Å²) in [4.78, 5) is 27.1. The first kappa shape index (κ1) is 20.4. The number of amides is 2. The maximum Gasteiger partial charge on any atom is 0.224 e. The number of anilines is 1. The minimum absolute atomic E-state index is 0.0342. The zero-order valence-corrected chi connectivity index (χ0v) is 17.4. The molecule has 1 heterocycles. The lowest BCUT2D eigenvalue weighted by atomic mass is 9.91. The smallest absolute Gasteiger partial charge is 0.224 e. The summed E-state index contributed by atoms with van der Waals surface area (Å²) in [6, 6.07) is 25.8. The van der Waals surface area contributed by atoms with Crippen molar-refractivity contribution in [1.82, 2.24) is 10.3 Å². The Labute approximate surface area is 181 Å². The maximum atomic E-state index is 12.7. The van der Waals surface area contributed by atoms with Gasteiger partial charge in [-0.15, -0.1) is 0 Å². The van der Waals surface area contributed by atoms with Crippen molar-refractivity contribution in [3.8, 4) is 0 Å². The van der Waals surface area contributed by atoms with E-state index in [1.165, 1.54) is 17.9 Å². The van der Waals surface area contributed by atoms with E-state index in [1.807, 2.05) is 60.8 Å². The quantitative estimate of drug-likeness (QED) is 0.415. The highest BCUT2D eigenvalue weighted by molar-refractivity contribution is 5.88. The normalized spacial score (nSPS) is 11.8. The van der Waals surface area contributed by atoms with Crippen LogP contribution in [0.15, 0.2) is 85.1 Å². The van der Waals surface area contributed by atoms with Crippen LogP contribution in [0.3, 0.4) is 0 Å². The maximum absolute atomic E-state index is 12.7. The summed E-state index contributed by atoms with van der Waals surface area (Å²) < 4.78 is 0. The standard InChI is InChI=1S/C26H25N3O2/c1-18(30)29-21-13-11-19(12-14-21)15-26(31)28-16-23(20-7-3-2-4-8-20)24-17-27-25-10-6-5-9-22(24)25/h2-14,17,23,27H,15-16H2,1H3,(H,28,31)(H,29,30). The van der Waals surface area contributed by atoms with E-state index in [0.29, 0.717) is 6.54 Å². The number of carbonyl (C=O) groups excluding carboxylic acids is 2. The van der Waals surface area contributed by atoms with Crippen molar-refractivity contribution in [2.24, 2.45) is 0 Å². The minimum Gasteiger partial charge on any atom is -0.361 e. The van der Waals surface area contributed by atoms with Crippen LogP contribution < -0.4 is 10.6 Å². The molecule has 31 heavy (non-hydrogen) atoms. The van der Waals surface area contributed by atoms with Crippen LogP contribution in [0.4, 0.5) is 5.69 Å². The molecule has 1 unspecified atom stereocenters. The molecule has 0 bridgehead atoms. The third kappa shape index (κ3) is 5.01. The molecule has 3 N–H and O–H groups in total. The molecule has 0 radical (unpaired) electrons. The number of aromatic nitrogens is 1. The summed E-state index contributed by atoms with van der Waals surface area (Å²) in [6.07, 6.45) is 2.32. The third-order valence-corrected chi connectivity index (χ3v) is 5.34. The van der Waals surface area contributed by atoms with Crippen LogP contribution in [0.5, 0.6) is 0 Å². The first-order chi connectivity index (χ1) is 15.1. The van der Waals surface area contributed by atoms with Crippen LogP contribution in [0.1, 0.15) is 29.5 Å². The van der Waals surface area contributed by atoms with Gasteiger partial charge >= 0.3 is 0 Å². The monoisotopic (exact) mass is 411 g/mol. The number of hydrogen-bond acceptors (Lipinski definition) is 2. The average Bonchev–Trinajstić information content (AvgIpc) is 3.20. The Morgan fingerprint density at radius 3 is 2.35 bits per heavy atom. The first-order valence-electron chi connectivity index (χ1n) is 10.3. The van der Waals surface area contributed by atoms with E-state index in [4.69, 9.17) is 0 Å². The average molecular weight is 412 g/mol. The van der Waals surface area contributed by atoms with Gasteiger partial charge in [-0.3, -0.25) is 9.59 Å². The van der Waals surface area contributed by atoms with Crippen LogP contribution in [-0.4, -0.2) is 23.3 Å². The molecule has 1 atom stereocenters. The number of nitrogens with one attached hydrogen (secondary N) is 3. The topological polar surface area (TPSA) is 74.0 Å². The highest BCUT2D eigenvalue weighted by atomic mass is 16.2. The molecular weight excluding hydrogens is 386 g/mol. The fraction of sp³-hybridized carbons (Fsp3) is 0.154. The number of carbonyl (C=O) groups is 2. The summed E-state index contributed by atoms with van der Waals surface area (Å²) >= 11 is 0. The lowest BCUT2D eigenvalue weighted by molar-refractivity contribution is -0.120. The van der Waals surface area contributed by atoms with Crippen LogP contribution in [-0.2, 0) is 16.0 Å². The number of fused-ring (bicyclic) bond motifs is 1. The second-order valence-corrected chi connectivity index (χ2v) is 7.61. The minimum atomic E-state index is -0.116. The molecule has 156 valence electrons. The van der Waals surface area contributed by atoms with Crippen molar-refractivity contribution in [2.45, 2.75) is 19.3 Å². The van der Waals surface area contributed by atoms with Gasteiger partial charge in [0.2, 0.25) is 11.8 Å². The van der Waals surface area contributed by atoms with Crippen LogP contribution in [0.25, 0.3) is 10.9 Å². The fourth-order valence-electron chi connectivity index (χ4n) is 3.85. The zero-order valence-electron chi connectivity index (χ0n) is 17.4. The van der Waals surface area contributed by atoms with Crippen molar-refractivity contribution in [2.75, 3.05) is 11.9 Å². The van der Waals surface area contributed by atoms with Crippen molar-refractivity contribution in [1.29, 1.82) is 0 Å². The van der Waals surface area contributed by atoms with E-state index in [2.05, 4.69) is 39.9 Å². The van der Waals surface area contributed by atoms with Gasteiger partial charge in [-0.05, 0) is 34.9 Å². The van der Waals surface area contributed by atoms with Gasteiger partial charge in [0, 0.05) is 42.2 Å². The van der Waals surface area contributed by atoms with Crippen LogP contribution >= 0.6 is 0 Å². The second-order valence-electron chi connectivity index (χ2n) is 7.61. The molecule has 0 fully saturated rings. The largest absolute Gasteiger partial charge is 0.361 e. The molecule has 4 aromatic rings. The molecule has 2 amide bonds. The first-order valence-corrected chi connectivity index (χ1v) is 10.3. The number of para-hydroxylation sites is 1. The fourth-order valence-corrected chi connectivity index (χ4v) is 3.85. The van der Waals surface area contributed by atoms with Crippen LogP contribution in [0.2, 0.25) is 0 Å². The van der Waals surface area contributed by atoms with Crippen LogP contribution in [0, 0.1) is 0 Å². The highest BCUT2D eigenvalue weighted by Gasteiger charge is 2.19. The van der Waals surface area contributed by atoms with Gasteiger partial charge in [0.1, 0.15) is 0 Å². The Kier molecular flexibility index (Phi) is 6.13. The van der Waals surface area contributed by atoms with Crippen molar-refractivity contribution in [3.05, 3.63) is 102 Å². The molecule has 5 nitrogen and oxygen atoms in total. The van der Waals surface area contributed by atoms with Gasteiger partial charge < -0.3 is 15.6 Å². The van der Waals surface area contributed by atoms with Crippen molar-refractivity contribution in [3.63, 3.8) is 0 Å². The number of benzene rings is 3. The van der Waals surface area contributed by atoms with E-state index in [1.54, 1.807) is 0 Å². The number of H-pyrrole nitrogens is 1. The zero-order chi connectivity index (χ0) is 21.6.